The van der Waals surface area contributed by atoms with Gasteiger partial charge >= 0.3 is 0 Å². The van der Waals surface area contributed by atoms with Crippen molar-refractivity contribution in [1.82, 2.24) is 0 Å². The molecule has 0 aromatic heterocycles. The van der Waals surface area contributed by atoms with Crippen LogP contribution < -0.4 is 4.74 Å². The van der Waals surface area contributed by atoms with Crippen LogP contribution in [-0.2, 0) is 11.2 Å². The molecule has 27 heavy (non-hydrogen) atoms. The highest BCUT2D eigenvalue weighted by molar-refractivity contribution is 6.22. The number of hydrogen-bond acceptors (Lipinski definition) is 3. The molecule has 0 heterocycles. The third-order valence-electron chi connectivity index (χ3n) is 4.96. The Labute approximate surface area is 159 Å². The van der Waals surface area contributed by atoms with Crippen molar-refractivity contribution in [2.75, 3.05) is 0 Å². The van der Waals surface area contributed by atoms with Gasteiger partial charge in [0, 0.05) is 18.9 Å². The summed E-state index contributed by atoms with van der Waals surface area (Å²) in [6.07, 6.45) is 1.58. The molecular formula is C23H25FO3. The highest BCUT2D eigenvalue weighted by Crippen LogP contribution is 2.41. The Kier molecular flexibility index (Phi) is 5.09. The first-order chi connectivity index (χ1) is 12.7. The summed E-state index contributed by atoms with van der Waals surface area (Å²) in [6.45, 7) is 7.65. The fraction of sp³-hybridized carbons (Fsp3) is 0.348. The molecular weight excluding hydrogens is 343 g/mol. The summed E-state index contributed by atoms with van der Waals surface area (Å²) in [6, 6.07) is 10.2. The van der Waals surface area contributed by atoms with Crippen molar-refractivity contribution in [2.24, 2.45) is 5.41 Å². The highest BCUT2D eigenvalue weighted by atomic mass is 19.1. The zero-order valence-corrected chi connectivity index (χ0v) is 16.2. The van der Waals surface area contributed by atoms with Crippen LogP contribution in [0.5, 0.6) is 11.5 Å². The van der Waals surface area contributed by atoms with Gasteiger partial charge in [0.1, 0.15) is 23.1 Å². The maximum atomic E-state index is 13.8. The molecule has 0 aliphatic heterocycles. The van der Waals surface area contributed by atoms with Crippen LogP contribution in [0.4, 0.5) is 4.39 Å². The molecule has 0 unspecified atom stereocenters. The second-order valence-corrected chi connectivity index (χ2v) is 7.95. The molecule has 1 N–H and O–H groups in total. The number of Topliss-reactive ketones (excluding diaryl/α,β-unsaturated/α-hetero) is 1. The predicted molar refractivity (Wildman–Crippen MR) is 105 cm³/mol. The van der Waals surface area contributed by atoms with Gasteiger partial charge in [-0.15, -0.1) is 0 Å². The first-order valence-electron chi connectivity index (χ1n) is 9.23. The molecule has 3 rings (SSSR count). The third kappa shape index (κ3) is 4.05. The van der Waals surface area contributed by atoms with E-state index in [1.54, 1.807) is 31.2 Å². The van der Waals surface area contributed by atoms with Crippen molar-refractivity contribution >= 4 is 11.4 Å². The molecule has 0 atom stereocenters. The van der Waals surface area contributed by atoms with Crippen molar-refractivity contribution in [3.8, 4) is 11.5 Å². The van der Waals surface area contributed by atoms with E-state index in [-0.39, 0.29) is 22.8 Å². The first kappa shape index (κ1) is 19.2. The SMILES string of the molecule is CCc1ccc(Oc2ccc(C)c(F)c2)cc1C1=C(O)CC(C)(C)CC1=O. The van der Waals surface area contributed by atoms with Crippen LogP contribution in [0.3, 0.4) is 0 Å². The minimum absolute atomic E-state index is 0.0584. The molecule has 0 spiro atoms. The number of benzene rings is 2. The second kappa shape index (κ2) is 7.18. The van der Waals surface area contributed by atoms with Crippen molar-refractivity contribution in [2.45, 2.75) is 47.0 Å². The first-order valence-corrected chi connectivity index (χ1v) is 9.23. The molecule has 0 saturated carbocycles. The van der Waals surface area contributed by atoms with E-state index < -0.39 is 0 Å². The maximum absolute atomic E-state index is 13.8. The molecule has 0 saturated heterocycles. The number of rotatable bonds is 4. The van der Waals surface area contributed by atoms with Gasteiger partial charge in [-0.05, 0) is 53.6 Å². The van der Waals surface area contributed by atoms with Crippen LogP contribution in [0.15, 0.2) is 42.2 Å². The molecule has 1 aliphatic rings. The van der Waals surface area contributed by atoms with Gasteiger partial charge in [0.2, 0.25) is 0 Å². The van der Waals surface area contributed by atoms with Crippen LogP contribution in [0.25, 0.3) is 5.57 Å². The number of hydrogen-bond donors (Lipinski definition) is 1. The lowest BCUT2D eigenvalue weighted by molar-refractivity contribution is -0.116. The molecule has 4 heteroatoms. The number of allylic oxidation sites excluding steroid dienone is 2. The average Bonchev–Trinajstić information content (AvgIpc) is 2.57. The third-order valence-corrected chi connectivity index (χ3v) is 4.96. The van der Waals surface area contributed by atoms with Gasteiger partial charge in [-0.25, -0.2) is 4.39 Å². The van der Waals surface area contributed by atoms with Crippen molar-refractivity contribution in [1.29, 1.82) is 0 Å². The molecule has 0 bridgehead atoms. The van der Waals surface area contributed by atoms with Crippen LogP contribution in [-0.4, -0.2) is 10.9 Å². The molecule has 0 radical (unpaired) electrons. The number of aliphatic hydroxyl groups is 1. The van der Waals surface area contributed by atoms with E-state index in [9.17, 15) is 14.3 Å². The molecule has 2 aromatic carbocycles. The quantitative estimate of drug-likeness (QED) is 0.704. The van der Waals surface area contributed by atoms with E-state index in [0.717, 1.165) is 12.0 Å². The number of carbonyl (C=O) groups excluding carboxylic acids is 1. The second-order valence-electron chi connectivity index (χ2n) is 7.95. The van der Waals surface area contributed by atoms with Crippen molar-refractivity contribution in [3.05, 3.63) is 64.7 Å². The number of carbonyl (C=O) groups is 1. The Bertz CT molecular complexity index is 925. The van der Waals surface area contributed by atoms with E-state index >= 15 is 0 Å². The van der Waals surface area contributed by atoms with Crippen LogP contribution in [0.2, 0.25) is 0 Å². The summed E-state index contributed by atoms with van der Waals surface area (Å²) in [5.74, 6) is 0.635. The predicted octanol–water partition coefficient (Wildman–Crippen LogP) is 6.15. The topological polar surface area (TPSA) is 46.5 Å². The van der Waals surface area contributed by atoms with Crippen molar-refractivity contribution in [3.63, 3.8) is 0 Å². The monoisotopic (exact) mass is 368 g/mol. The summed E-state index contributed by atoms with van der Waals surface area (Å²) in [5.41, 5.74) is 2.35. The largest absolute Gasteiger partial charge is 0.512 e. The standard InChI is InChI=1S/C23H25FO3/c1-5-15-7-9-16(27-17-8-6-14(2)19(24)11-17)10-18(15)22-20(25)12-23(3,4)13-21(22)26/h6-11,25H,5,12-13H2,1-4H3. The summed E-state index contributed by atoms with van der Waals surface area (Å²) in [4.78, 5) is 12.7. The molecule has 3 nitrogen and oxygen atoms in total. The Morgan fingerprint density at radius 2 is 1.78 bits per heavy atom. The lowest BCUT2D eigenvalue weighted by atomic mass is 9.74. The van der Waals surface area contributed by atoms with Gasteiger partial charge in [0.05, 0.1) is 5.57 Å². The van der Waals surface area contributed by atoms with Crippen LogP contribution in [0, 0.1) is 18.2 Å². The minimum Gasteiger partial charge on any atom is -0.512 e. The number of aryl methyl sites for hydroxylation is 2. The van der Waals surface area contributed by atoms with Crippen LogP contribution >= 0.6 is 0 Å². The average molecular weight is 368 g/mol. The van der Waals surface area contributed by atoms with Crippen LogP contribution in [0.1, 0.15) is 50.3 Å². The van der Waals surface area contributed by atoms with Gasteiger partial charge in [-0.2, -0.15) is 0 Å². The zero-order chi connectivity index (χ0) is 19.8. The van der Waals surface area contributed by atoms with Crippen molar-refractivity contribution < 1.29 is 19.0 Å². The molecule has 1 aliphatic carbocycles. The molecule has 2 aromatic rings. The van der Waals surface area contributed by atoms with E-state index in [1.807, 2.05) is 26.8 Å². The normalized spacial score (nSPS) is 16.6. The summed E-state index contributed by atoms with van der Waals surface area (Å²) in [5, 5.41) is 10.6. The smallest absolute Gasteiger partial charge is 0.167 e. The number of ether oxygens (including phenoxy) is 1. The lowest BCUT2D eigenvalue weighted by Gasteiger charge is -2.30. The Hall–Kier alpha value is -2.62. The highest BCUT2D eigenvalue weighted by Gasteiger charge is 2.34. The number of ketones is 1. The number of halogens is 1. The number of aliphatic hydroxyl groups excluding tert-OH is 1. The van der Waals surface area contributed by atoms with E-state index in [2.05, 4.69) is 0 Å². The Morgan fingerprint density at radius 1 is 1.11 bits per heavy atom. The summed E-state index contributed by atoms with van der Waals surface area (Å²) >= 11 is 0. The molecule has 0 amide bonds. The summed E-state index contributed by atoms with van der Waals surface area (Å²) in [7, 11) is 0. The fourth-order valence-electron chi connectivity index (χ4n) is 3.53. The zero-order valence-electron chi connectivity index (χ0n) is 16.2. The van der Waals surface area contributed by atoms with E-state index in [4.69, 9.17) is 4.74 Å². The fourth-order valence-corrected chi connectivity index (χ4v) is 3.53. The Morgan fingerprint density at radius 3 is 2.41 bits per heavy atom. The van der Waals surface area contributed by atoms with Gasteiger partial charge in [-0.1, -0.05) is 32.9 Å². The van der Waals surface area contributed by atoms with E-state index in [1.165, 1.54) is 6.07 Å². The van der Waals surface area contributed by atoms with Gasteiger partial charge < -0.3 is 9.84 Å². The molecule has 142 valence electrons. The maximum Gasteiger partial charge on any atom is 0.167 e. The van der Waals surface area contributed by atoms with Gasteiger partial charge in [0.15, 0.2) is 5.78 Å². The Balaban J connectivity index is 2.01. The summed E-state index contributed by atoms with van der Waals surface area (Å²) < 4.78 is 19.6. The lowest BCUT2D eigenvalue weighted by Crippen LogP contribution is -2.25. The van der Waals surface area contributed by atoms with E-state index in [0.29, 0.717) is 41.0 Å². The minimum atomic E-state index is -0.331. The van der Waals surface area contributed by atoms with Gasteiger partial charge in [0.25, 0.3) is 0 Å². The molecule has 0 fully saturated rings. The van der Waals surface area contributed by atoms with Gasteiger partial charge in [-0.3, -0.25) is 4.79 Å².